The van der Waals surface area contributed by atoms with Gasteiger partial charge < -0.3 is 30.9 Å². The quantitative estimate of drug-likeness (QED) is 0.203. The molecule has 0 aliphatic carbocycles. The van der Waals surface area contributed by atoms with Crippen molar-refractivity contribution in [3.05, 3.63) is 0 Å². The smallest absolute Gasteiger partial charge is 0.328 e. The highest BCUT2D eigenvalue weighted by molar-refractivity contribution is 6.26. The summed E-state index contributed by atoms with van der Waals surface area (Å²) in [6.07, 6.45) is 0.990. The molecular weight excluding hydrogens is 404 g/mol. The third kappa shape index (κ3) is 13.3. The Hall–Kier alpha value is -2.62. The van der Waals surface area contributed by atoms with Crippen molar-refractivity contribution in [2.75, 3.05) is 7.05 Å². The van der Waals surface area contributed by atoms with E-state index in [1.54, 1.807) is 20.9 Å². The van der Waals surface area contributed by atoms with Gasteiger partial charge in [0, 0.05) is 25.3 Å². The van der Waals surface area contributed by atoms with Gasteiger partial charge in [0.05, 0.1) is 12.3 Å². The van der Waals surface area contributed by atoms with Crippen LogP contribution >= 0.6 is 0 Å². The summed E-state index contributed by atoms with van der Waals surface area (Å²) in [7, 11) is 1.78. The number of hydrogen-bond donors (Lipinski definition) is 4. The molecular formula is C21H36N4O6. The Bertz CT molecular complexity index is 650. The fraction of sp³-hybridized carbons (Fsp3) is 0.714. The summed E-state index contributed by atoms with van der Waals surface area (Å²) in [5.41, 5.74) is 0. The molecule has 0 aromatic heterocycles. The molecule has 0 bridgehead atoms. The van der Waals surface area contributed by atoms with Crippen LogP contribution in [0.15, 0.2) is 0 Å². The molecule has 0 aromatic rings. The summed E-state index contributed by atoms with van der Waals surface area (Å²) in [6, 6.07) is -1.99. The van der Waals surface area contributed by atoms with E-state index in [2.05, 4.69) is 16.0 Å². The molecule has 0 spiro atoms. The molecule has 0 aliphatic heterocycles. The zero-order valence-corrected chi connectivity index (χ0v) is 19.1. The summed E-state index contributed by atoms with van der Waals surface area (Å²) in [6.45, 7) is 6.62. The van der Waals surface area contributed by atoms with Gasteiger partial charge in [-0.15, -0.1) is 0 Å². The lowest BCUT2D eigenvalue weighted by Crippen LogP contribution is -2.52. The van der Waals surface area contributed by atoms with E-state index in [-0.39, 0.29) is 49.8 Å². The topological polar surface area (TPSA) is 155 Å². The van der Waals surface area contributed by atoms with Gasteiger partial charge in [0.1, 0.15) is 17.9 Å². The largest absolute Gasteiger partial charge is 0.461 e. The van der Waals surface area contributed by atoms with Crippen LogP contribution in [0.4, 0.5) is 0 Å². The Kier molecular flexibility index (Phi) is 13.9. The molecule has 3 unspecified atom stereocenters. The first-order valence-corrected chi connectivity index (χ1v) is 10.5. The number of rotatable bonds is 16. The molecule has 176 valence electrons. The Labute approximate surface area is 183 Å². The SMILES string of the molecule is CNC(C)CCC(=O)NC(CCC(C)=O)C(=O)NC(CCC(=O)C=N)C(=O)OC(C)C. The highest BCUT2D eigenvalue weighted by Crippen LogP contribution is 2.07. The zero-order chi connectivity index (χ0) is 24.0. The number of ether oxygens (including phenoxy) is 1. The Balaban J connectivity index is 5.26. The monoisotopic (exact) mass is 440 g/mol. The molecule has 0 saturated heterocycles. The van der Waals surface area contributed by atoms with Crippen LogP contribution in [0.25, 0.3) is 0 Å². The summed E-state index contributed by atoms with van der Waals surface area (Å²) >= 11 is 0. The third-order valence-electron chi connectivity index (χ3n) is 4.53. The highest BCUT2D eigenvalue weighted by Gasteiger charge is 2.28. The number of carbonyl (C=O) groups excluding carboxylic acids is 5. The van der Waals surface area contributed by atoms with E-state index in [9.17, 15) is 24.0 Å². The van der Waals surface area contributed by atoms with Crippen LogP contribution < -0.4 is 16.0 Å². The number of esters is 1. The molecule has 0 aliphatic rings. The lowest BCUT2D eigenvalue weighted by atomic mass is 10.1. The summed E-state index contributed by atoms with van der Waals surface area (Å²) in [4.78, 5) is 60.3. The van der Waals surface area contributed by atoms with E-state index in [0.29, 0.717) is 12.6 Å². The van der Waals surface area contributed by atoms with E-state index in [0.717, 1.165) is 0 Å². The van der Waals surface area contributed by atoms with Gasteiger partial charge in [-0.2, -0.15) is 0 Å². The van der Waals surface area contributed by atoms with Crippen LogP contribution in [0.5, 0.6) is 0 Å². The molecule has 0 fully saturated rings. The molecule has 0 saturated carbocycles. The van der Waals surface area contributed by atoms with Crippen LogP contribution in [0.3, 0.4) is 0 Å². The number of carbonyl (C=O) groups is 5. The molecule has 31 heavy (non-hydrogen) atoms. The number of ketones is 2. The van der Waals surface area contributed by atoms with Crippen LogP contribution in [0, 0.1) is 5.41 Å². The lowest BCUT2D eigenvalue weighted by Gasteiger charge is -2.23. The molecule has 0 rings (SSSR count). The molecule has 2 amide bonds. The van der Waals surface area contributed by atoms with E-state index in [1.807, 2.05) is 6.92 Å². The van der Waals surface area contributed by atoms with E-state index >= 15 is 0 Å². The van der Waals surface area contributed by atoms with Gasteiger partial charge >= 0.3 is 5.97 Å². The Morgan fingerprint density at radius 2 is 1.52 bits per heavy atom. The highest BCUT2D eigenvalue weighted by atomic mass is 16.5. The van der Waals surface area contributed by atoms with Gasteiger partial charge in [-0.05, 0) is 54.0 Å². The fourth-order valence-electron chi connectivity index (χ4n) is 2.57. The first-order chi connectivity index (χ1) is 14.5. The summed E-state index contributed by atoms with van der Waals surface area (Å²) in [5, 5.41) is 15.2. The second-order valence-corrected chi connectivity index (χ2v) is 7.79. The predicted octanol–water partition coefficient (Wildman–Crippen LogP) is 0.664. The predicted molar refractivity (Wildman–Crippen MR) is 116 cm³/mol. The molecule has 4 N–H and O–H groups in total. The minimum Gasteiger partial charge on any atom is -0.461 e. The van der Waals surface area contributed by atoms with Crippen molar-refractivity contribution in [2.45, 2.75) is 90.4 Å². The normalized spacial score (nSPS) is 13.6. The minimum absolute atomic E-state index is 0.0431. The van der Waals surface area contributed by atoms with Crippen molar-refractivity contribution in [2.24, 2.45) is 0 Å². The Morgan fingerprint density at radius 3 is 2.03 bits per heavy atom. The average molecular weight is 441 g/mol. The van der Waals surface area contributed by atoms with Gasteiger partial charge in [0.25, 0.3) is 0 Å². The zero-order valence-electron chi connectivity index (χ0n) is 19.1. The van der Waals surface area contributed by atoms with Crippen molar-refractivity contribution in [3.8, 4) is 0 Å². The van der Waals surface area contributed by atoms with Crippen molar-refractivity contribution < 1.29 is 28.7 Å². The Morgan fingerprint density at radius 1 is 0.903 bits per heavy atom. The first-order valence-electron chi connectivity index (χ1n) is 10.5. The summed E-state index contributed by atoms with van der Waals surface area (Å²) in [5.74, 6) is -2.31. The number of nitrogens with one attached hydrogen (secondary N) is 4. The van der Waals surface area contributed by atoms with Gasteiger partial charge in [0.2, 0.25) is 11.8 Å². The molecule has 10 heteroatoms. The minimum atomic E-state index is -1.11. The molecule has 0 radical (unpaired) electrons. The number of hydrogen-bond acceptors (Lipinski definition) is 8. The third-order valence-corrected chi connectivity index (χ3v) is 4.53. The molecule has 0 aromatic carbocycles. The standard InChI is InChI=1S/C21H36N4O6/c1-13(2)31-21(30)18(10-8-16(27)12-22)25-20(29)17(9-7-15(4)26)24-19(28)11-6-14(3)23-5/h12-14,17-18,22-23H,6-11H2,1-5H3,(H,24,28)(H,25,29). The van der Waals surface area contributed by atoms with Gasteiger partial charge in [0.15, 0.2) is 5.78 Å². The van der Waals surface area contributed by atoms with Gasteiger partial charge in [-0.25, -0.2) is 4.79 Å². The van der Waals surface area contributed by atoms with Crippen molar-refractivity contribution in [3.63, 3.8) is 0 Å². The molecule has 0 heterocycles. The van der Waals surface area contributed by atoms with E-state index in [4.69, 9.17) is 10.1 Å². The van der Waals surface area contributed by atoms with Crippen LogP contribution in [0.1, 0.15) is 66.2 Å². The molecule has 10 nitrogen and oxygen atoms in total. The van der Waals surface area contributed by atoms with Gasteiger partial charge in [-0.1, -0.05) is 0 Å². The maximum atomic E-state index is 12.8. The molecule has 3 atom stereocenters. The van der Waals surface area contributed by atoms with Crippen LogP contribution in [0.2, 0.25) is 0 Å². The van der Waals surface area contributed by atoms with E-state index in [1.165, 1.54) is 6.92 Å². The lowest BCUT2D eigenvalue weighted by molar-refractivity contribution is -0.152. The maximum absolute atomic E-state index is 12.8. The van der Waals surface area contributed by atoms with Crippen molar-refractivity contribution >= 4 is 35.6 Å². The van der Waals surface area contributed by atoms with Crippen LogP contribution in [-0.4, -0.2) is 66.8 Å². The van der Waals surface area contributed by atoms with E-state index < -0.39 is 35.8 Å². The first kappa shape index (κ1) is 28.4. The summed E-state index contributed by atoms with van der Waals surface area (Å²) < 4.78 is 5.15. The number of Topliss-reactive ketones (excluding diaryl/α,β-unsaturated/α-hetero) is 2. The van der Waals surface area contributed by atoms with Crippen molar-refractivity contribution in [1.29, 1.82) is 5.41 Å². The van der Waals surface area contributed by atoms with Crippen LogP contribution in [-0.2, 0) is 28.7 Å². The number of amides is 2. The maximum Gasteiger partial charge on any atom is 0.328 e. The van der Waals surface area contributed by atoms with Gasteiger partial charge in [-0.3, -0.25) is 14.4 Å². The van der Waals surface area contributed by atoms with Crippen molar-refractivity contribution in [1.82, 2.24) is 16.0 Å². The fourth-order valence-corrected chi connectivity index (χ4v) is 2.57. The second-order valence-electron chi connectivity index (χ2n) is 7.79. The second kappa shape index (κ2) is 15.2. The average Bonchev–Trinajstić information content (AvgIpc) is 2.70.